The van der Waals surface area contributed by atoms with Gasteiger partial charge in [0.2, 0.25) is 0 Å². The average molecular weight is 356 g/mol. The Morgan fingerprint density at radius 1 is 1.15 bits per heavy atom. The summed E-state index contributed by atoms with van der Waals surface area (Å²) >= 11 is 0. The third-order valence-corrected chi connectivity index (χ3v) is 4.91. The Bertz CT molecular complexity index is 823. The lowest BCUT2D eigenvalue weighted by atomic mass is 9.93. The van der Waals surface area contributed by atoms with Crippen LogP contribution in [0.15, 0.2) is 36.4 Å². The first kappa shape index (κ1) is 16.7. The fourth-order valence-corrected chi connectivity index (χ4v) is 3.48. The smallest absolute Gasteiger partial charge is 0.322 e. The van der Waals surface area contributed by atoms with Crippen molar-refractivity contribution in [1.82, 2.24) is 4.90 Å². The molecule has 0 aromatic heterocycles. The van der Waals surface area contributed by atoms with Crippen LogP contribution in [0.25, 0.3) is 0 Å². The average Bonchev–Trinajstić information content (AvgIpc) is 2.87. The van der Waals surface area contributed by atoms with Crippen molar-refractivity contribution < 1.29 is 18.7 Å². The number of amides is 2. The van der Waals surface area contributed by atoms with Gasteiger partial charge in [0, 0.05) is 18.7 Å². The van der Waals surface area contributed by atoms with E-state index in [-0.39, 0.29) is 17.9 Å². The zero-order valence-corrected chi connectivity index (χ0v) is 14.6. The quantitative estimate of drug-likeness (QED) is 0.836. The third-order valence-electron chi connectivity index (χ3n) is 4.91. The van der Waals surface area contributed by atoms with Crippen LogP contribution in [0.1, 0.15) is 30.5 Å². The van der Waals surface area contributed by atoms with Gasteiger partial charge in [-0.2, -0.15) is 0 Å². The van der Waals surface area contributed by atoms with Crippen molar-refractivity contribution >= 4 is 11.7 Å². The number of carbonyl (C=O) groups is 1. The topological polar surface area (TPSA) is 50.8 Å². The van der Waals surface area contributed by atoms with Crippen LogP contribution in [0.3, 0.4) is 0 Å². The van der Waals surface area contributed by atoms with Crippen LogP contribution in [0.5, 0.6) is 11.5 Å². The lowest BCUT2D eigenvalue weighted by Crippen LogP contribution is -2.41. The van der Waals surface area contributed by atoms with Gasteiger partial charge in [-0.15, -0.1) is 0 Å². The summed E-state index contributed by atoms with van der Waals surface area (Å²) in [6.07, 6.45) is 1.62. The molecule has 2 heterocycles. The summed E-state index contributed by atoms with van der Waals surface area (Å²) in [4.78, 5) is 14.5. The molecule has 0 saturated heterocycles. The summed E-state index contributed by atoms with van der Waals surface area (Å²) < 4.78 is 24.6. The van der Waals surface area contributed by atoms with Crippen LogP contribution in [0, 0.1) is 5.82 Å². The van der Waals surface area contributed by atoms with Crippen molar-refractivity contribution in [2.75, 3.05) is 25.1 Å². The van der Waals surface area contributed by atoms with E-state index in [0.717, 1.165) is 29.9 Å². The van der Waals surface area contributed by atoms with Gasteiger partial charge in [0.1, 0.15) is 5.82 Å². The molecule has 0 unspecified atom stereocenters. The molecule has 136 valence electrons. The molecule has 0 bridgehead atoms. The molecule has 5 nitrogen and oxygen atoms in total. The number of halogens is 1. The van der Waals surface area contributed by atoms with Crippen LogP contribution in [-0.4, -0.2) is 30.7 Å². The molecule has 2 aromatic rings. The van der Waals surface area contributed by atoms with Crippen molar-refractivity contribution in [3.63, 3.8) is 0 Å². The molecule has 0 fully saturated rings. The van der Waals surface area contributed by atoms with Gasteiger partial charge in [-0.1, -0.05) is 0 Å². The maximum Gasteiger partial charge on any atom is 0.322 e. The van der Waals surface area contributed by atoms with Crippen molar-refractivity contribution in [3.05, 3.63) is 53.3 Å². The normalized spacial score (nSPS) is 18.7. The Morgan fingerprint density at radius 2 is 1.85 bits per heavy atom. The highest BCUT2D eigenvalue weighted by Gasteiger charge is 2.29. The molecular formula is C20H21FN2O3. The molecular weight excluding hydrogens is 335 g/mol. The molecule has 0 saturated carbocycles. The van der Waals surface area contributed by atoms with Gasteiger partial charge in [0.05, 0.1) is 19.3 Å². The van der Waals surface area contributed by atoms with Crippen LogP contribution in [0.4, 0.5) is 14.9 Å². The van der Waals surface area contributed by atoms with E-state index >= 15 is 0 Å². The first-order valence-electron chi connectivity index (χ1n) is 8.87. The summed E-state index contributed by atoms with van der Waals surface area (Å²) in [6, 6.07) is 9.54. The van der Waals surface area contributed by atoms with Gasteiger partial charge in [0.25, 0.3) is 0 Å². The SMILES string of the molecule is C[C@H]1c2cc3c(cc2CCN1C(=O)Nc1ccc(F)cc1)OCCCO3. The summed E-state index contributed by atoms with van der Waals surface area (Å²) in [7, 11) is 0. The minimum absolute atomic E-state index is 0.0867. The number of ether oxygens (including phenoxy) is 2. The van der Waals surface area contributed by atoms with Gasteiger partial charge in [-0.05, 0) is 60.9 Å². The van der Waals surface area contributed by atoms with E-state index < -0.39 is 0 Å². The molecule has 2 aliphatic heterocycles. The standard InChI is InChI=1S/C20H21FN2O3/c1-13-17-12-19-18(25-9-2-10-26-19)11-14(17)7-8-23(13)20(24)22-16-5-3-15(21)4-6-16/h3-6,11-13H,2,7-10H2,1H3,(H,22,24)/t13-/m0/s1. The summed E-state index contributed by atoms with van der Waals surface area (Å²) in [6.45, 7) is 3.91. The highest BCUT2D eigenvalue weighted by Crippen LogP contribution is 2.39. The largest absolute Gasteiger partial charge is 0.490 e. The monoisotopic (exact) mass is 356 g/mol. The number of carbonyl (C=O) groups excluding carboxylic acids is 1. The van der Waals surface area contributed by atoms with Gasteiger partial charge in [-0.3, -0.25) is 0 Å². The number of anilines is 1. The lowest BCUT2D eigenvalue weighted by Gasteiger charge is -2.35. The Morgan fingerprint density at radius 3 is 2.58 bits per heavy atom. The molecule has 2 aliphatic rings. The van der Waals surface area contributed by atoms with E-state index in [2.05, 4.69) is 5.32 Å². The van der Waals surface area contributed by atoms with E-state index in [9.17, 15) is 9.18 Å². The number of rotatable bonds is 1. The highest BCUT2D eigenvalue weighted by molar-refractivity contribution is 5.89. The minimum atomic E-state index is -0.328. The molecule has 1 N–H and O–H groups in total. The Balaban J connectivity index is 1.55. The lowest BCUT2D eigenvalue weighted by molar-refractivity contribution is 0.188. The number of fused-ring (bicyclic) bond motifs is 2. The van der Waals surface area contributed by atoms with Crippen LogP contribution in [0.2, 0.25) is 0 Å². The second-order valence-electron chi connectivity index (χ2n) is 6.60. The Labute approximate surface area is 151 Å². The van der Waals surface area contributed by atoms with Gasteiger partial charge in [0.15, 0.2) is 11.5 Å². The summed E-state index contributed by atoms with van der Waals surface area (Å²) in [5, 5.41) is 2.84. The molecule has 2 aromatic carbocycles. The van der Waals surface area contributed by atoms with E-state index in [1.54, 1.807) is 17.0 Å². The first-order chi connectivity index (χ1) is 12.6. The molecule has 2 amide bonds. The summed E-state index contributed by atoms with van der Waals surface area (Å²) in [5.74, 6) is 1.21. The fraction of sp³-hybridized carbons (Fsp3) is 0.350. The number of hydrogen-bond acceptors (Lipinski definition) is 3. The molecule has 0 radical (unpaired) electrons. The number of nitrogens with zero attached hydrogens (tertiary/aromatic N) is 1. The molecule has 4 rings (SSSR count). The fourth-order valence-electron chi connectivity index (χ4n) is 3.48. The first-order valence-corrected chi connectivity index (χ1v) is 8.87. The van der Waals surface area contributed by atoms with Crippen molar-refractivity contribution in [1.29, 1.82) is 0 Å². The van der Waals surface area contributed by atoms with Crippen molar-refractivity contribution in [2.45, 2.75) is 25.8 Å². The second-order valence-corrected chi connectivity index (χ2v) is 6.60. The number of benzene rings is 2. The molecule has 26 heavy (non-hydrogen) atoms. The maximum atomic E-state index is 13.0. The van der Waals surface area contributed by atoms with Crippen molar-refractivity contribution in [2.24, 2.45) is 0 Å². The predicted molar refractivity (Wildman–Crippen MR) is 96.3 cm³/mol. The van der Waals surface area contributed by atoms with E-state index in [1.165, 1.54) is 17.7 Å². The highest BCUT2D eigenvalue weighted by atomic mass is 19.1. The number of hydrogen-bond donors (Lipinski definition) is 1. The zero-order chi connectivity index (χ0) is 18.1. The third kappa shape index (κ3) is 3.19. The van der Waals surface area contributed by atoms with E-state index in [1.807, 2.05) is 19.1 Å². The van der Waals surface area contributed by atoms with Crippen LogP contribution < -0.4 is 14.8 Å². The predicted octanol–water partition coefficient (Wildman–Crippen LogP) is 4.14. The van der Waals surface area contributed by atoms with Gasteiger partial charge >= 0.3 is 6.03 Å². The van der Waals surface area contributed by atoms with Crippen LogP contribution in [-0.2, 0) is 6.42 Å². The van der Waals surface area contributed by atoms with Gasteiger partial charge < -0.3 is 19.7 Å². The number of nitrogens with one attached hydrogen (secondary N) is 1. The Kier molecular flexibility index (Phi) is 4.41. The molecule has 6 heteroatoms. The summed E-state index contributed by atoms with van der Waals surface area (Å²) in [5.41, 5.74) is 2.84. The molecule has 0 aliphatic carbocycles. The molecule has 0 spiro atoms. The number of urea groups is 1. The Hall–Kier alpha value is -2.76. The van der Waals surface area contributed by atoms with E-state index in [0.29, 0.717) is 25.4 Å². The second kappa shape index (κ2) is 6.86. The van der Waals surface area contributed by atoms with Gasteiger partial charge in [-0.25, -0.2) is 9.18 Å². The minimum Gasteiger partial charge on any atom is -0.490 e. The van der Waals surface area contributed by atoms with Crippen LogP contribution >= 0.6 is 0 Å². The molecule has 1 atom stereocenters. The van der Waals surface area contributed by atoms with Crippen molar-refractivity contribution in [3.8, 4) is 11.5 Å². The zero-order valence-electron chi connectivity index (χ0n) is 14.6. The van der Waals surface area contributed by atoms with E-state index in [4.69, 9.17) is 9.47 Å². The maximum absolute atomic E-state index is 13.0.